The number of likely N-dealkylation sites (tertiary alicyclic amines) is 1. The molecule has 1 amide bonds. The highest BCUT2D eigenvalue weighted by Crippen LogP contribution is 2.49. The number of rotatable bonds is 2. The fraction of sp³-hybridized carbons (Fsp3) is 0.259. The molecule has 0 bridgehead atoms. The molecule has 3 aromatic rings. The lowest BCUT2D eigenvalue weighted by atomic mass is 9.81. The maximum Gasteiger partial charge on any atom is 0.254 e. The summed E-state index contributed by atoms with van der Waals surface area (Å²) >= 11 is 0. The molecule has 0 aliphatic carbocycles. The number of aromatic nitrogens is 1. The van der Waals surface area contributed by atoms with Gasteiger partial charge in [-0.1, -0.05) is 17.9 Å². The number of hydrogen-bond acceptors (Lipinski definition) is 4. The molecular weight excluding hydrogens is 417 g/mol. The van der Waals surface area contributed by atoms with Crippen molar-refractivity contribution in [3.63, 3.8) is 0 Å². The van der Waals surface area contributed by atoms with Crippen molar-refractivity contribution in [3.8, 4) is 11.8 Å². The zero-order valence-corrected chi connectivity index (χ0v) is 18.3. The molecule has 6 heteroatoms. The van der Waals surface area contributed by atoms with E-state index < -0.39 is 5.82 Å². The first-order valence-electron chi connectivity index (χ1n) is 11.0. The van der Waals surface area contributed by atoms with Crippen LogP contribution in [0.25, 0.3) is 0 Å². The lowest BCUT2D eigenvalue weighted by molar-refractivity contribution is 0.0693. The van der Waals surface area contributed by atoms with Crippen LogP contribution in [0.5, 0.6) is 0 Å². The predicted molar refractivity (Wildman–Crippen MR) is 124 cm³/mol. The zero-order valence-electron chi connectivity index (χ0n) is 18.3. The Labute approximate surface area is 192 Å². The van der Waals surface area contributed by atoms with Gasteiger partial charge < -0.3 is 14.9 Å². The predicted octanol–water partition coefficient (Wildman–Crippen LogP) is 3.63. The molecule has 2 aliphatic rings. The summed E-state index contributed by atoms with van der Waals surface area (Å²) in [7, 11) is 1.98. The Balaban J connectivity index is 1.56. The van der Waals surface area contributed by atoms with Crippen LogP contribution < -0.4 is 4.90 Å². The number of anilines is 1. The Hall–Kier alpha value is -3.69. The maximum absolute atomic E-state index is 13.8. The second-order valence-corrected chi connectivity index (χ2v) is 8.53. The summed E-state index contributed by atoms with van der Waals surface area (Å²) in [5.41, 5.74) is 3.99. The number of pyridine rings is 1. The van der Waals surface area contributed by atoms with Gasteiger partial charge >= 0.3 is 0 Å². The van der Waals surface area contributed by atoms with E-state index in [2.05, 4.69) is 21.7 Å². The van der Waals surface area contributed by atoms with Crippen LogP contribution in [0.2, 0.25) is 0 Å². The molecule has 1 fully saturated rings. The van der Waals surface area contributed by atoms with Gasteiger partial charge in [0, 0.05) is 54.3 Å². The fourth-order valence-electron chi connectivity index (χ4n) is 5.13. The minimum absolute atomic E-state index is 0.00165. The lowest BCUT2D eigenvalue weighted by Crippen LogP contribution is -2.48. The number of carbonyl (C=O) groups is 1. The molecule has 2 aromatic carbocycles. The second kappa shape index (κ2) is 8.68. The third kappa shape index (κ3) is 3.85. The molecule has 0 radical (unpaired) electrons. The van der Waals surface area contributed by atoms with Crippen molar-refractivity contribution in [2.45, 2.75) is 18.5 Å². The monoisotopic (exact) mass is 441 g/mol. The number of carbonyl (C=O) groups excluding carboxylic acids is 1. The third-order valence-corrected chi connectivity index (χ3v) is 6.69. The molecule has 1 saturated heterocycles. The molecular formula is C27H24FN3O2. The van der Waals surface area contributed by atoms with Crippen molar-refractivity contribution in [3.05, 3.63) is 95.1 Å². The average Bonchev–Trinajstić information content (AvgIpc) is 3.28. The number of nitrogens with zero attached hydrogens (tertiary/aromatic N) is 3. The summed E-state index contributed by atoms with van der Waals surface area (Å²) < 4.78 is 13.8. The normalized spacial score (nSPS) is 21.1. The van der Waals surface area contributed by atoms with Gasteiger partial charge in [0.05, 0.1) is 18.7 Å². The van der Waals surface area contributed by atoms with Crippen LogP contribution in [0.4, 0.5) is 10.1 Å². The van der Waals surface area contributed by atoms with Crippen LogP contribution in [0.3, 0.4) is 0 Å². The summed E-state index contributed by atoms with van der Waals surface area (Å²) in [6, 6.07) is 15.3. The maximum atomic E-state index is 13.8. The molecule has 166 valence electrons. The van der Waals surface area contributed by atoms with E-state index in [4.69, 9.17) is 0 Å². The number of hydrogen-bond donors (Lipinski definition) is 1. The Morgan fingerprint density at radius 3 is 2.76 bits per heavy atom. The van der Waals surface area contributed by atoms with Crippen molar-refractivity contribution in [1.82, 2.24) is 9.88 Å². The van der Waals surface area contributed by atoms with E-state index in [-0.39, 0.29) is 30.5 Å². The van der Waals surface area contributed by atoms with Crippen LogP contribution in [0.1, 0.15) is 39.5 Å². The summed E-state index contributed by atoms with van der Waals surface area (Å²) in [5, 5.41) is 10.2. The van der Waals surface area contributed by atoms with Crippen LogP contribution in [-0.4, -0.2) is 47.1 Å². The number of aliphatic hydroxyl groups is 1. The molecule has 3 heterocycles. The van der Waals surface area contributed by atoms with Crippen LogP contribution in [0, 0.1) is 23.6 Å². The van der Waals surface area contributed by atoms with Crippen molar-refractivity contribution >= 4 is 11.6 Å². The molecule has 1 N–H and O–H groups in total. The first-order chi connectivity index (χ1) is 16.1. The SMILES string of the molecule is CN1c2ccc(C#Cc3cccnc3)cc2[C@H]2[C@H](CCN2C(=O)c2cccc(F)c2)[C@@H]1CO. The Bertz CT molecular complexity index is 1250. The standard InChI is InChI=1S/C27H24FN3O2/c1-30-24-10-9-18(7-8-19-4-3-12-29-16-19)14-23(24)26-22(25(30)17-32)11-13-31(26)27(33)20-5-2-6-21(28)15-20/h2-6,9-10,12,14-16,22,25-26,32H,11,13,17H2,1H3/t22-,25+,26-/m1/s1. The van der Waals surface area contributed by atoms with Gasteiger partial charge in [0.2, 0.25) is 0 Å². The fourth-order valence-corrected chi connectivity index (χ4v) is 5.13. The Morgan fingerprint density at radius 1 is 1.15 bits per heavy atom. The van der Waals surface area contributed by atoms with Crippen LogP contribution >= 0.6 is 0 Å². The van der Waals surface area contributed by atoms with Gasteiger partial charge in [-0.05, 0) is 60.5 Å². The Morgan fingerprint density at radius 2 is 2.00 bits per heavy atom. The van der Waals surface area contributed by atoms with Crippen molar-refractivity contribution in [1.29, 1.82) is 0 Å². The van der Waals surface area contributed by atoms with Gasteiger partial charge in [-0.25, -0.2) is 4.39 Å². The van der Waals surface area contributed by atoms with Crippen molar-refractivity contribution in [2.75, 3.05) is 25.1 Å². The molecule has 3 atom stereocenters. The molecule has 5 rings (SSSR count). The van der Waals surface area contributed by atoms with Gasteiger partial charge in [0.25, 0.3) is 5.91 Å². The smallest absolute Gasteiger partial charge is 0.254 e. The molecule has 0 unspecified atom stereocenters. The summed E-state index contributed by atoms with van der Waals surface area (Å²) in [5.74, 6) is 5.79. The van der Waals surface area contributed by atoms with E-state index >= 15 is 0 Å². The number of likely N-dealkylation sites (N-methyl/N-ethyl adjacent to an activating group) is 1. The Kier molecular flexibility index (Phi) is 5.57. The number of halogens is 1. The number of benzene rings is 2. The second-order valence-electron chi connectivity index (χ2n) is 8.53. The van der Waals surface area contributed by atoms with E-state index in [1.54, 1.807) is 24.5 Å². The summed E-state index contributed by atoms with van der Waals surface area (Å²) in [6.07, 6.45) is 4.20. The summed E-state index contributed by atoms with van der Waals surface area (Å²) in [6.45, 7) is 0.557. The van der Waals surface area contributed by atoms with E-state index in [0.29, 0.717) is 12.1 Å². The highest BCUT2D eigenvalue weighted by molar-refractivity contribution is 5.95. The average molecular weight is 442 g/mol. The van der Waals surface area contributed by atoms with E-state index in [9.17, 15) is 14.3 Å². The number of amides is 1. The van der Waals surface area contributed by atoms with E-state index in [0.717, 1.165) is 28.8 Å². The quantitative estimate of drug-likeness (QED) is 0.617. The first-order valence-corrected chi connectivity index (χ1v) is 11.0. The molecule has 1 aromatic heterocycles. The van der Waals surface area contributed by atoms with E-state index in [1.165, 1.54) is 12.1 Å². The highest BCUT2D eigenvalue weighted by Gasteiger charge is 2.47. The molecule has 33 heavy (non-hydrogen) atoms. The summed E-state index contributed by atoms with van der Waals surface area (Å²) in [4.78, 5) is 21.4. The van der Waals surface area contributed by atoms with Gasteiger partial charge in [-0.15, -0.1) is 0 Å². The van der Waals surface area contributed by atoms with Gasteiger partial charge in [-0.2, -0.15) is 0 Å². The van der Waals surface area contributed by atoms with Gasteiger partial charge in [0.15, 0.2) is 0 Å². The molecule has 0 saturated carbocycles. The minimum atomic E-state index is -0.429. The van der Waals surface area contributed by atoms with Gasteiger partial charge in [0.1, 0.15) is 5.82 Å². The molecule has 5 nitrogen and oxygen atoms in total. The molecule has 2 aliphatic heterocycles. The highest BCUT2D eigenvalue weighted by atomic mass is 19.1. The van der Waals surface area contributed by atoms with Crippen LogP contribution in [-0.2, 0) is 0 Å². The van der Waals surface area contributed by atoms with E-state index in [1.807, 2.05) is 42.3 Å². The van der Waals surface area contributed by atoms with Crippen molar-refractivity contribution in [2.24, 2.45) is 5.92 Å². The lowest BCUT2D eigenvalue weighted by Gasteiger charge is -2.44. The molecule has 0 spiro atoms. The van der Waals surface area contributed by atoms with Crippen molar-refractivity contribution < 1.29 is 14.3 Å². The zero-order chi connectivity index (χ0) is 22.9. The topological polar surface area (TPSA) is 56.7 Å². The third-order valence-electron chi connectivity index (χ3n) is 6.69. The van der Waals surface area contributed by atoms with Gasteiger partial charge in [-0.3, -0.25) is 9.78 Å². The first kappa shape index (κ1) is 21.2. The van der Waals surface area contributed by atoms with Crippen LogP contribution in [0.15, 0.2) is 67.0 Å². The number of fused-ring (bicyclic) bond motifs is 3. The largest absolute Gasteiger partial charge is 0.394 e. The number of aliphatic hydroxyl groups excluding tert-OH is 1. The minimum Gasteiger partial charge on any atom is -0.394 e.